The maximum absolute atomic E-state index is 11.1. The van der Waals surface area contributed by atoms with E-state index in [4.69, 9.17) is 10.5 Å². The van der Waals surface area contributed by atoms with Crippen molar-refractivity contribution in [2.24, 2.45) is 0 Å². The van der Waals surface area contributed by atoms with Gasteiger partial charge in [0.2, 0.25) is 5.95 Å². The first kappa shape index (κ1) is 16.7. The maximum Gasteiger partial charge on any atom is 0.513 e. The van der Waals surface area contributed by atoms with Gasteiger partial charge in [0.25, 0.3) is 0 Å². The molecule has 25 heavy (non-hydrogen) atoms. The predicted octanol–water partition coefficient (Wildman–Crippen LogP) is 0.752. The summed E-state index contributed by atoms with van der Waals surface area (Å²) in [6.45, 7) is 3.84. The van der Waals surface area contributed by atoms with Gasteiger partial charge in [-0.3, -0.25) is 0 Å². The van der Waals surface area contributed by atoms with Crippen LogP contribution in [0.2, 0.25) is 0 Å². The predicted molar refractivity (Wildman–Crippen MR) is 92.1 cm³/mol. The van der Waals surface area contributed by atoms with E-state index in [0.29, 0.717) is 5.82 Å². The van der Waals surface area contributed by atoms with Crippen molar-refractivity contribution in [2.45, 2.75) is 0 Å². The lowest BCUT2D eigenvalue weighted by Crippen LogP contribution is -2.43. The number of anilines is 4. The van der Waals surface area contributed by atoms with Crippen LogP contribution in [0.5, 0.6) is 5.75 Å². The fourth-order valence-electron chi connectivity index (χ4n) is 2.34. The number of nitrogens with zero attached hydrogens (tertiary/aromatic N) is 4. The van der Waals surface area contributed by atoms with Crippen LogP contribution in [-0.2, 0) is 4.74 Å². The number of nitrogens with two attached hydrogens (primary N) is 1. The highest BCUT2D eigenvalue weighted by molar-refractivity contribution is 5.66. The summed E-state index contributed by atoms with van der Waals surface area (Å²) in [5.74, 6) is 0.872. The van der Waals surface area contributed by atoms with E-state index in [2.05, 4.69) is 35.2 Å². The SMILES string of the molecule is COC(=O)Oc1cnc(Nc2ccc(N3CCNCC3)cn2)nc1N. The minimum Gasteiger partial charge on any atom is -0.437 e. The molecule has 0 aliphatic carbocycles. The number of carbonyl (C=O) groups excluding carboxylic acids is 1. The summed E-state index contributed by atoms with van der Waals surface area (Å²) in [6, 6.07) is 3.83. The minimum atomic E-state index is -0.888. The molecule has 1 saturated heterocycles. The van der Waals surface area contributed by atoms with Gasteiger partial charge < -0.3 is 30.7 Å². The third kappa shape index (κ3) is 4.23. The highest BCUT2D eigenvalue weighted by atomic mass is 16.7. The molecule has 0 saturated carbocycles. The summed E-state index contributed by atoms with van der Waals surface area (Å²) in [5, 5.41) is 6.27. The lowest BCUT2D eigenvalue weighted by molar-refractivity contribution is 0.121. The highest BCUT2D eigenvalue weighted by Gasteiger charge is 2.12. The Morgan fingerprint density at radius 3 is 2.72 bits per heavy atom. The van der Waals surface area contributed by atoms with Crippen molar-refractivity contribution < 1.29 is 14.3 Å². The molecule has 0 spiro atoms. The average Bonchev–Trinajstić information content (AvgIpc) is 2.65. The Morgan fingerprint density at radius 1 is 1.28 bits per heavy atom. The number of nitrogen functional groups attached to an aromatic ring is 1. The van der Waals surface area contributed by atoms with Crippen LogP contribution in [0.25, 0.3) is 0 Å². The van der Waals surface area contributed by atoms with Crippen molar-refractivity contribution in [3.63, 3.8) is 0 Å². The van der Waals surface area contributed by atoms with Crippen LogP contribution in [0, 0.1) is 0 Å². The molecule has 0 radical (unpaired) electrons. The zero-order valence-corrected chi connectivity index (χ0v) is 13.7. The summed E-state index contributed by atoms with van der Waals surface area (Å²) in [4.78, 5) is 25.8. The molecule has 4 N–H and O–H groups in total. The monoisotopic (exact) mass is 345 g/mol. The summed E-state index contributed by atoms with van der Waals surface area (Å²) in [6.07, 6.45) is 2.20. The maximum atomic E-state index is 11.1. The fraction of sp³-hybridized carbons (Fsp3) is 0.333. The van der Waals surface area contributed by atoms with Crippen molar-refractivity contribution in [3.05, 3.63) is 24.5 Å². The van der Waals surface area contributed by atoms with E-state index in [1.165, 1.54) is 13.3 Å². The molecule has 2 aromatic heterocycles. The van der Waals surface area contributed by atoms with Crippen LogP contribution in [0.15, 0.2) is 24.5 Å². The van der Waals surface area contributed by atoms with Gasteiger partial charge in [-0.25, -0.2) is 14.8 Å². The number of hydrogen-bond donors (Lipinski definition) is 3. The van der Waals surface area contributed by atoms with Gasteiger partial charge in [-0.1, -0.05) is 0 Å². The van der Waals surface area contributed by atoms with Crippen molar-refractivity contribution in [3.8, 4) is 5.75 Å². The number of piperazine rings is 1. The summed E-state index contributed by atoms with van der Waals surface area (Å²) >= 11 is 0. The molecule has 0 aromatic carbocycles. The average molecular weight is 345 g/mol. The Morgan fingerprint density at radius 2 is 2.08 bits per heavy atom. The Bertz CT molecular complexity index is 732. The molecule has 3 heterocycles. The summed E-state index contributed by atoms with van der Waals surface area (Å²) in [5.41, 5.74) is 6.81. The van der Waals surface area contributed by atoms with Gasteiger partial charge in [-0.2, -0.15) is 4.98 Å². The largest absolute Gasteiger partial charge is 0.513 e. The third-order valence-corrected chi connectivity index (χ3v) is 3.61. The first-order valence-electron chi connectivity index (χ1n) is 7.73. The lowest BCUT2D eigenvalue weighted by Gasteiger charge is -2.29. The first-order chi connectivity index (χ1) is 12.2. The van der Waals surface area contributed by atoms with Gasteiger partial charge in [0.05, 0.1) is 25.2 Å². The van der Waals surface area contributed by atoms with E-state index in [1.54, 1.807) is 6.20 Å². The molecule has 0 unspecified atom stereocenters. The van der Waals surface area contributed by atoms with Crippen LogP contribution in [-0.4, -0.2) is 54.4 Å². The highest BCUT2D eigenvalue weighted by Crippen LogP contribution is 2.22. The van der Waals surface area contributed by atoms with E-state index in [0.717, 1.165) is 31.9 Å². The second-order valence-electron chi connectivity index (χ2n) is 5.26. The number of methoxy groups -OCH3 is 1. The zero-order valence-electron chi connectivity index (χ0n) is 13.7. The second kappa shape index (κ2) is 7.62. The number of nitrogens with one attached hydrogen (secondary N) is 2. The number of pyridine rings is 1. The van der Waals surface area contributed by atoms with Gasteiger partial charge >= 0.3 is 6.16 Å². The number of ether oxygens (including phenoxy) is 2. The molecule has 1 aliphatic heterocycles. The Kier molecular flexibility index (Phi) is 5.09. The first-order valence-corrected chi connectivity index (χ1v) is 7.73. The van der Waals surface area contributed by atoms with Crippen molar-refractivity contribution >= 4 is 29.4 Å². The van der Waals surface area contributed by atoms with Crippen molar-refractivity contribution in [1.29, 1.82) is 0 Å². The molecule has 0 amide bonds. The van der Waals surface area contributed by atoms with E-state index < -0.39 is 6.16 Å². The van der Waals surface area contributed by atoms with E-state index in [1.807, 2.05) is 12.1 Å². The molecule has 3 rings (SSSR count). The fourth-order valence-corrected chi connectivity index (χ4v) is 2.34. The summed E-state index contributed by atoms with van der Waals surface area (Å²) < 4.78 is 9.21. The second-order valence-corrected chi connectivity index (χ2v) is 5.26. The molecule has 2 aromatic rings. The van der Waals surface area contributed by atoms with Crippen molar-refractivity contribution in [1.82, 2.24) is 20.3 Å². The lowest BCUT2D eigenvalue weighted by atomic mass is 10.3. The Balaban J connectivity index is 1.65. The quantitative estimate of drug-likeness (QED) is 0.683. The van der Waals surface area contributed by atoms with Crippen LogP contribution in [0.4, 0.5) is 28.1 Å². The number of carbonyl (C=O) groups is 1. The van der Waals surface area contributed by atoms with Crippen LogP contribution in [0.3, 0.4) is 0 Å². The smallest absolute Gasteiger partial charge is 0.437 e. The molecule has 10 nitrogen and oxygen atoms in total. The van der Waals surface area contributed by atoms with Gasteiger partial charge in [0, 0.05) is 26.2 Å². The number of rotatable bonds is 4. The Hall–Kier alpha value is -3.14. The molecular weight excluding hydrogens is 326 g/mol. The summed E-state index contributed by atoms with van der Waals surface area (Å²) in [7, 11) is 1.20. The van der Waals surface area contributed by atoms with E-state index in [-0.39, 0.29) is 17.5 Å². The zero-order chi connectivity index (χ0) is 17.6. The van der Waals surface area contributed by atoms with Gasteiger partial charge in [-0.15, -0.1) is 0 Å². The number of hydrogen-bond acceptors (Lipinski definition) is 10. The molecule has 1 fully saturated rings. The molecule has 1 aliphatic rings. The normalized spacial score (nSPS) is 14.0. The molecule has 10 heteroatoms. The Labute approximate surface area is 144 Å². The standard InChI is InChI=1S/C15H19N7O3/c1-24-15(23)25-11-9-19-14(21-13(11)16)20-12-3-2-10(8-18-12)22-6-4-17-5-7-22/h2-3,8-9,17H,4-7H2,1H3,(H3,16,18,19,20,21). The van der Waals surface area contributed by atoms with Gasteiger partial charge in [0.15, 0.2) is 11.6 Å². The van der Waals surface area contributed by atoms with Crippen LogP contribution >= 0.6 is 0 Å². The molecule has 0 atom stereocenters. The van der Waals surface area contributed by atoms with Crippen LogP contribution < -0.4 is 26.0 Å². The van der Waals surface area contributed by atoms with Crippen LogP contribution in [0.1, 0.15) is 0 Å². The topological polar surface area (TPSA) is 128 Å². The van der Waals surface area contributed by atoms with E-state index in [9.17, 15) is 4.79 Å². The van der Waals surface area contributed by atoms with Crippen molar-refractivity contribution in [2.75, 3.05) is 49.2 Å². The molecule has 0 bridgehead atoms. The van der Waals surface area contributed by atoms with Gasteiger partial charge in [0.1, 0.15) is 5.82 Å². The van der Waals surface area contributed by atoms with E-state index >= 15 is 0 Å². The van der Waals surface area contributed by atoms with Gasteiger partial charge in [-0.05, 0) is 12.1 Å². The molecular formula is C15H19N7O3. The number of aromatic nitrogens is 3. The molecule has 132 valence electrons. The minimum absolute atomic E-state index is 0.0142. The third-order valence-electron chi connectivity index (χ3n) is 3.61.